The average Bonchev–Trinajstić information content (AvgIpc) is 2.91. The summed E-state index contributed by atoms with van der Waals surface area (Å²) in [7, 11) is 3.51. The first-order valence-corrected chi connectivity index (χ1v) is 8.46. The van der Waals surface area contributed by atoms with Crippen LogP contribution in [0.25, 0.3) is 0 Å². The van der Waals surface area contributed by atoms with Gasteiger partial charge >= 0.3 is 0 Å². The van der Waals surface area contributed by atoms with Gasteiger partial charge in [-0.3, -0.25) is 9.48 Å². The highest BCUT2D eigenvalue weighted by atomic mass is 16.5. The SMILES string of the molecule is COc1ccc2c(c1)N(C(=O)Cc1ccccc1)Cc1cnn(C)c1N2. The number of ether oxygens (including phenoxy) is 1. The number of aryl methyl sites for hydroxylation is 1. The number of aromatic nitrogens is 2. The summed E-state index contributed by atoms with van der Waals surface area (Å²) in [4.78, 5) is 14.9. The quantitative estimate of drug-likeness (QED) is 0.789. The summed E-state index contributed by atoms with van der Waals surface area (Å²) in [6, 6.07) is 15.5. The number of anilines is 3. The van der Waals surface area contributed by atoms with Gasteiger partial charge in [-0.1, -0.05) is 30.3 Å². The largest absolute Gasteiger partial charge is 0.497 e. The number of fused-ring (bicyclic) bond motifs is 2. The minimum atomic E-state index is 0.0317. The summed E-state index contributed by atoms with van der Waals surface area (Å²) in [5, 5.41) is 7.72. The van der Waals surface area contributed by atoms with Crippen molar-refractivity contribution >= 4 is 23.1 Å². The van der Waals surface area contributed by atoms with E-state index in [0.29, 0.717) is 18.7 Å². The number of hydrogen-bond acceptors (Lipinski definition) is 4. The number of amides is 1. The fraction of sp³-hybridized carbons (Fsp3) is 0.200. The van der Waals surface area contributed by atoms with E-state index in [1.807, 2.05) is 55.6 Å². The van der Waals surface area contributed by atoms with Gasteiger partial charge in [-0.05, 0) is 17.7 Å². The van der Waals surface area contributed by atoms with E-state index < -0.39 is 0 Å². The van der Waals surface area contributed by atoms with Crippen molar-refractivity contribution in [3.8, 4) is 5.75 Å². The van der Waals surface area contributed by atoms with Gasteiger partial charge in [0.1, 0.15) is 11.6 Å². The zero-order valence-electron chi connectivity index (χ0n) is 14.8. The average molecular weight is 348 g/mol. The van der Waals surface area contributed by atoms with Crippen LogP contribution in [0, 0.1) is 0 Å². The summed E-state index contributed by atoms with van der Waals surface area (Å²) in [5.74, 6) is 1.64. The molecule has 0 saturated carbocycles. The Bertz CT molecular complexity index is 950. The Morgan fingerprint density at radius 3 is 2.81 bits per heavy atom. The number of nitrogens with zero attached hydrogens (tertiary/aromatic N) is 3. The number of nitrogens with one attached hydrogen (secondary N) is 1. The standard InChI is InChI=1S/C20H20N4O2/c1-23-20-15(12-21-23)13-24(19(25)10-14-6-4-3-5-7-14)18-11-16(26-2)8-9-17(18)22-20/h3-9,11-12,22H,10,13H2,1-2H3. The molecule has 0 atom stereocenters. The zero-order valence-corrected chi connectivity index (χ0v) is 14.8. The van der Waals surface area contributed by atoms with E-state index in [1.165, 1.54) is 0 Å². The van der Waals surface area contributed by atoms with Gasteiger partial charge in [0.05, 0.1) is 37.6 Å². The van der Waals surface area contributed by atoms with Crippen LogP contribution in [0.1, 0.15) is 11.1 Å². The molecule has 2 aromatic carbocycles. The van der Waals surface area contributed by atoms with Gasteiger partial charge in [-0.2, -0.15) is 5.10 Å². The molecule has 1 amide bonds. The summed E-state index contributed by atoms with van der Waals surface area (Å²) >= 11 is 0. The lowest BCUT2D eigenvalue weighted by atomic mass is 10.1. The maximum absolute atomic E-state index is 13.1. The molecule has 4 rings (SSSR count). The molecule has 26 heavy (non-hydrogen) atoms. The molecule has 3 aromatic rings. The maximum atomic E-state index is 13.1. The van der Waals surface area contributed by atoms with Gasteiger partial charge in [0.15, 0.2) is 0 Å². The predicted octanol–water partition coefficient (Wildman–Crippen LogP) is 3.26. The molecule has 6 nitrogen and oxygen atoms in total. The second-order valence-corrected chi connectivity index (χ2v) is 6.29. The van der Waals surface area contributed by atoms with Gasteiger partial charge in [0.25, 0.3) is 0 Å². The topological polar surface area (TPSA) is 59.4 Å². The fourth-order valence-electron chi connectivity index (χ4n) is 3.20. The van der Waals surface area contributed by atoms with Gasteiger partial charge in [0, 0.05) is 18.7 Å². The van der Waals surface area contributed by atoms with E-state index in [9.17, 15) is 4.79 Å². The van der Waals surface area contributed by atoms with Crippen LogP contribution in [0.4, 0.5) is 17.2 Å². The first-order valence-electron chi connectivity index (χ1n) is 8.46. The lowest BCUT2D eigenvalue weighted by Gasteiger charge is -2.23. The Morgan fingerprint density at radius 1 is 1.23 bits per heavy atom. The highest BCUT2D eigenvalue weighted by molar-refractivity contribution is 5.99. The zero-order chi connectivity index (χ0) is 18.1. The van der Waals surface area contributed by atoms with Crippen LogP contribution in [0.5, 0.6) is 5.75 Å². The molecule has 6 heteroatoms. The second kappa shape index (κ2) is 6.55. The van der Waals surface area contributed by atoms with Crippen LogP contribution < -0.4 is 15.0 Å². The Morgan fingerprint density at radius 2 is 2.04 bits per heavy atom. The minimum absolute atomic E-state index is 0.0317. The van der Waals surface area contributed by atoms with E-state index in [1.54, 1.807) is 22.9 Å². The molecule has 1 aromatic heterocycles. The Kier molecular flexibility index (Phi) is 4.08. The molecular formula is C20H20N4O2. The molecule has 0 radical (unpaired) electrons. The van der Waals surface area contributed by atoms with E-state index in [2.05, 4.69) is 10.4 Å². The van der Waals surface area contributed by atoms with Crippen LogP contribution in [0.2, 0.25) is 0 Å². The molecule has 0 unspecified atom stereocenters. The fourth-order valence-corrected chi connectivity index (χ4v) is 3.20. The van der Waals surface area contributed by atoms with Gasteiger partial charge in [-0.25, -0.2) is 0 Å². The highest BCUT2D eigenvalue weighted by Crippen LogP contribution is 2.38. The van der Waals surface area contributed by atoms with E-state index in [0.717, 1.165) is 28.3 Å². The third-order valence-electron chi connectivity index (χ3n) is 4.59. The Balaban J connectivity index is 1.75. The van der Waals surface area contributed by atoms with Crippen LogP contribution in [0.3, 0.4) is 0 Å². The molecule has 1 N–H and O–H groups in total. The molecule has 0 bridgehead atoms. The molecule has 0 aliphatic carbocycles. The van der Waals surface area contributed by atoms with Crippen molar-refractivity contribution in [1.29, 1.82) is 0 Å². The summed E-state index contributed by atoms with van der Waals surface area (Å²) < 4.78 is 7.15. The van der Waals surface area contributed by atoms with Gasteiger partial charge < -0.3 is 15.0 Å². The van der Waals surface area contributed by atoms with Crippen molar-refractivity contribution in [2.45, 2.75) is 13.0 Å². The van der Waals surface area contributed by atoms with Gasteiger partial charge in [-0.15, -0.1) is 0 Å². The van der Waals surface area contributed by atoms with Crippen LogP contribution in [-0.4, -0.2) is 22.8 Å². The lowest BCUT2D eigenvalue weighted by Crippen LogP contribution is -2.31. The first-order chi connectivity index (χ1) is 12.7. The van der Waals surface area contributed by atoms with Crippen molar-refractivity contribution < 1.29 is 9.53 Å². The third-order valence-corrected chi connectivity index (χ3v) is 4.59. The summed E-state index contributed by atoms with van der Waals surface area (Å²) in [5.41, 5.74) is 3.63. The number of carbonyl (C=O) groups is 1. The smallest absolute Gasteiger partial charge is 0.231 e. The molecule has 132 valence electrons. The van der Waals surface area contributed by atoms with E-state index in [4.69, 9.17) is 4.74 Å². The van der Waals surface area contributed by atoms with E-state index >= 15 is 0 Å². The molecule has 0 saturated heterocycles. The number of rotatable bonds is 3. The first kappa shape index (κ1) is 16.2. The normalized spacial score (nSPS) is 12.6. The van der Waals surface area contributed by atoms with E-state index in [-0.39, 0.29) is 5.91 Å². The minimum Gasteiger partial charge on any atom is -0.497 e. The van der Waals surface area contributed by atoms with Crippen molar-refractivity contribution in [2.75, 3.05) is 17.3 Å². The second-order valence-electron chi connectivity index (χ2n) is 6.29. The van der Waals surface area contributed by atoms with Crippen molar-refractivity contribution in [3.05, 3.63) is 65.9 Å². The summed E-state index contributed by atoms with van der Waals surface area (Å²) in [6.07, 6.45) is 2.14. The highest BCUT2D eigenvalue weighted by Gasteiger charge is 2.26. The van der Waals surface area contributed by atoms with Crippen LogP contribution >= 0.6 is 0 Å². The van der Waals surface area contributed by atoms with Crippen molar-refractivity contribution in [3.63, 3.8) is 0 Å². The molecule has 1 aliphatic heterocycles. The van der Waals surface area contributed by atoms with Crippen molar-refractivity contribution in [1.82, 2.24) is 9.78 Å². The summed E-state index contributed by atoms with van der Waals surface area (Å²) in [6.45, 7) is 0.460. The number of methoxy groups -OCH3 is 1. The number of benzene rings is 2. The number of carbonyl (C=O) groups excluding carboxylic acids is 1. The maximum Gasteiger partial charge on any atom is 0.231 e. The lowest BCUT2D eigenvalue weighted by molar-refractivity contribution is -0.118. The van der Waals surface area contributed by atoms with Crippen LogP contribution in [-0.2, 0) is 24.8 Å². The molecule has 1 aliphatic rings. The molecule has 2 heterocycles. The monoisotopic (exact) mass is 348 g/mol. The molecule has 0 fully saturated rings. The number of hydrogen-bond donors (Lipinski definition) is 1. The Labute approximate surface area is 152 Å². The van der Waals surface area contributed by atoms with Crippen molar-refractivity contribution in [2.24, 2.45) is 7.05 Å². The Hall–Kier alpha value is -3.28. The van der Waals surface area contributed by atoms with Gasteiger partial charge in [0.2, 0.25) is 5.91 Å². The predicted molar refractivity (Wildman–Crippen MR) is 101 cm³/mol. The molecule has 0 spiro atoms. The van der Waals surface area contributed by atoms with Crippen LogP contribution in [0.15, 0.2) is 54.7 Å². The molecular weight excluding hydrogens is 328 g/mol. The third kappa shape index (κ3) is 2.90.